The van der Waals surface area contributed by atoms with E-state index in [0.29, 0.717) is 23.1 Å². The summed E-state index contributed by atoms with van der Waals surface area (Å²) in [6.45, 7) is 3.45. The maximum Gasteiger partial charge on any atom is 0.339 e. The van der Waals surface area contributed by atoms with Crippen LogP contribution in [0, 0.1) is 12.7 Å². The average Bonchev–Trinajstić information content (AvgIpc) is 2.27. The van der Waals surface area contributed by atoms with Gasteiger partial charge in [0.05, 0.1) is 7.11 Å². The number of aliphatic hydroxyl groups is 1. The molecular formula is C12H15FO3. The summed E-state index contributed by atoms with van der Waals surface area (Å²) in [4.78, 5) is 11.2. The molecule has 0 amide bonds. The van der Waals surface area contributed by atoms with Crippen molar-refractivity contribution < 1.29 is 19.0 Å². The number of ether oxygens (including phenoxy) is 1. The second-order valence-electron chi connectivity index (χ2n) is 3.58. The molecule has 4 heteroatoms. The molecule has 0 heterocycles. The van der Waals surface area contributed by atoms with Crippen molar-refractivity contribution in [3.8, 4) is 0 Å². The van der Waals surface area contributed by atoms with E-state index in [4.69, 9.17) is 0 Å². The van der Waals surface area contributed by atoms with Crippen LogP contribution < -0.4 is 0 Å². The number of methoxy groups -OCH3 is 1. The van der Waals surface area contributed by atoms with Crippen LogP contribution in [-0.2, 0) is 16.0 Å². The molecule has 0 aliphatic heterocycles. The first kappa shape index (κ1) is 12.6. The number of aryl methyl sites for hydroxylation is 2. The average molecular weight is 226 g/mol. The molecule has 1 aromatic carbocycles. The smallest absolute Gasteiger partial charge is 0.339 e. The fourth-order valence-corrected chi connectivity index (χ4v) is 1.54. The monoisotopic (exact) mass is 226 g/mol. The number of hydrogen-bond donors (Lipinski definition) is 1. The van der Waals surface area contributed by atoms with Gasteiger partial charge < -0.3 is 9.84 Å². The summed E-state index contributed by atoms with van der Waals surface area (Å²) in [6, 6.07) is 2.83. The molecule has 0 saturated carbocycles. The van der Waals surface area contributed by atoms with Crippen LogP contribution in [0.5, 0.6) is 0 Å². The van der Waals surface area contributed by atoms with Crippen molar-refractivity contribution in [2.45, 2.75) is 26.4 Å². The molecule has 0 bridgehead atoms. The summed E-state index contributed by atoms with van der Waals surface area (Å²) in [5.41, 5.74) is 1.40. The van der Waals surface area contributed by atoms with Crippen molar-refractivity contribution >= 4 is 5.97 Å². The minimum atomic E-state index is -1.35. The largest absolute Gasteiger partial charge is 0.467 e. The molecule has 1 aromatic rings. The Labute approximate surface area is 93.9 Å². The zero-order valence-corrected chi connectivity index (χ0v) is 9.58. The van der Waals surface area contributed by atoms with E-state index in [2.05, 4.69) is 4.74 Å². The van der Waals surface area contributed by atoms with Crippen LogP contribution in [0.15, 0.2) is 12.1 Å². The topological polar surface area (TPSA) is 46.5 Å². The van der Waals surface area contributed by atoms with E-state index < -0.39 is 12.1 Å². The molecule has 0 aliphatic rings. The molecular weight excluding hydrogens is 211 g/mol. The Morgan fingerprint density at radius 3 is 2.69 bits per heavy atom. The lowest BCUT2D eigenvalue weighted by Gasteiger charge is -2.13. The van der Waals surface area contributed by atoms with Gasteiger partial charge >= 0.3 is 5.97 Å². The molecule has 16 heavy (non-hydrogen) atoms. The van der Waals surface area contributed by atoms with E-state index in [1.807, 2.05) is 6.92 Å². The highest BCUT2D eigenvalue weighted by molar-refractivity contribution is 5.76. The molecule has 1 rings (SSSR count). The summed E-state index contributed by atoms with van der Waals surface area (Å²) in [5.74, 6) is -1.06. The zero-order valence-electron chi connectivity index (χ0n) is 9.58. The molecule has 1 unspecified atom stereocenters. The van der Waals surface area contributed by atoms with Crippen LogP contribution in [0.25, 0.3) is 0 Å². The summed E-state index contributed by atoms with van der Waals surface area (Å²) in [7, 11) is 1.20. The van der Waals surface area contributed by atoms with Gasteiger partial charge in [-0.3, -0.25) is 0 Å². The normalized spacial score (nSPS) is 12.3. The zero-order chi connectivity index (χ0) is 12.3. The summed E-state index contributed by atoms with van der Waals surface area (Å²) in [5, 5.41) is 9.68. The molecule has 0 saturated heterocycles. The van der Waals surface area contributed by atoms with Crippen LogP contribution in [-0.4, -0.2) is 18.2 Å². The number of hydrogen-bond acceptors (Lipinski definition) is 3. The Kier molecular flexibility index (Phi) is 4.01. The molecule has 3 nitrogen and oxygen atoms in total. The molecule has 88 valence electrons. The molecule has 0 radical (unpaired) electrons. The number of benzene rings is 1. The molecule has 0 aromatic heterocycles. The quantitative estimate of drug-likeness (QED) is 0.801. The van der Waals surface area contributed by atoms with Gasteiger partial charge in [-0.1, -0.05) is 6.92 Å². The van der Waals surface area contributed by atoms with Crippen molar-refractivity contribution in [1.29, 1.82) is 0 Å². The van der Waals surface area contributed by atoms with Crippen LogP contribution in [0.3, 0.4) is 0 Å². The van der Waals surface area contributed by atoms with E-state index in [1.54, 1.807) is 6.92 Å². The molecule has 0 aliphatic carbocycles. The summed E-state index contributed by atoms with van der Waals surface area (Å²) >= 11 is 0. The van der Waals surface area contributed by atoms with Gasteiger partial charge in [0.25, 0.3) is 0 Å². The van der Waals surface area contributed by atoms with E-state index in [1.165, 1.54) is 19.2 Å². The molecule has 1 N–H and O–H groups in total. The fourth-order valence-electron chi connectivity index (χ4n) is 1.54. The third-order valence-electron chi connectivity index (χ3n) is 2.54. The first-order valence-corrected chi connectivity index (χ1v) is 5.06. The van der Waals surface area contributed by atoms with Gasteiger partial charge in [-0.2, -0.15) is 0 Å². The Bertz CT molecular complexity index is 401. The third kappa shape index (κ3) is 2.39. The lowest BCUT2D eigenvalue weighted by Crippen LogP contribution is -2.15. The van der Waals surface area contributed by atoms with Crippen LogP contribution in [0.4, 0.5) is 4.39 Å². The fraction of sp³-hybridized carbons (Fsp3) is 0.417. The van der Waals surface area contributed by atoms with Crippen molar-refractivity contribution in [2.75, 3.05) is 7.11 Å². The van der Waals surface area contributed by atoms with Crippen molar-refractivity contribution in [3.05, 3.63) is 34.6 Å². The second-order valence-corrected chi connectivity index (χ2v) is 3.58. The van der Waals surface area contributed by atoms with E-state index >= 15 is 0 Å². The maximum absolute atomic E-state index is 13.4. The SMILES string of the molecule is CCc1cc(C(O)C(=O)OC)c(C)cc1F. The third-order valence-corrected chi connectivity index (χ3v) is 2.54. The van der Waals surface area contributed by atoms with Crippen molar-refractivity contribution in [2.24, 2.45) is 0 Å². The van der Waals surface area contributed by atoms with Crippen molar-refractivity contribution in [3.63, 3.8) is 0 Å². The van der Waals surface area contributed by atoms with Gasteiger partial charge in [-0.05, 0) is 42.2 Å². The minimum absolute atomic E-state index is 0.319. The Morgan fingerprint density at radius 2 is 2.19 bits per heavy atom. The van der Waals surface area contributed by atoms with Crippen LogP contribution in [0.2, 0.25) is 0 Å². The first-order chi connectivity index (χ1) is 7.51. The van der Waals surface area contributed by atoms with E-state index in [0.717, 1.165) is 0 Å². The van der Waals surface area contributed by atoms with Gasteiger partial charge in [0, 0.05) is 0 Å². The van der Waals surface area contributed by atoms with Gasteiger partial charge in [-0.25, -0.2) is 9.18 Å². The predicted molar refractivity (Wildman–Crippen MR) is 57.5 cm³/mol. The number of carbonyl (C=O) groups is 1. The number of aliphatic hydroxyl groups excluding tert-OH is 1. The lowest BCUT2D eigenvalue weighted by atomic mass is 9.99. The van der Waals surface area contributed by atoms with Crippen LogP contribution in [0.1, 0.15) is 29.7 Å². The number of carbonyl (C=O) groups excluding carboxylic acids is 1. The van der Waals surface area contributed by atoms with E-state index in [9.17, 15) is 14.3 Å². The number of rotatable bonds is 3. The second kappa shape index (κ2) is 5.07. The molecule has 0 fully saturated rings. The van der Waals surface area contributed by atoms with Crippen LogP contribution >= 0.6 is 0 Å². The van der Waals surface area contributed by atoms with Gasteiger partial charge in [-0.15, -0.1) is 0 Å². The summed E-state index contributed by atoms with van der Waals surface area (Å²) < 4.78 is 17.8. The molecule has 1 atom stereocenters. The summed E-state index contributed by atoms with van der Waals surface area (Å²) in [6.07, 6.45) is -0.844. The van der Waals surface area contributed by atoms with Crippen molar-refractivity contribution in [1.82, 2.24) is 0 Å². The molecule has 0 spiro atoms. The number of esters is 1. The maximum atomic E-state index is 13.4. The standard InChI is InChI=1S/C12H15FO3/c1-4-8-6-9(7(2)5-10(8)13)11(14)12(15)16-3/h5-6,11,14H,4H2,1-3H3. The minimum Gasteiger partial charge on any atom is -0.467 e. The highest BCUT2D eigenvalue weighted by Crippen LogP contribution is 2.23. The highest BCUT2D eigenvalue weighted by atomic mass is 19.1. The van der Waals surface area contributed by atoms with Gasteiger partial charge in [0.1, 0.15) is 5.82 Å². The van der Waals surface area contributed by atoms with E-state index in [-0.39, 0.29) is 5.82 Å². The number of halogens is 1. The Morgan fingerprint density at radius 1 is 1.56 bits per heavy atom. The lowest BCUT2D eigenvalue weighted by molar-refractivity contribution is -0.150. The van der Waals surface area contributed by atoms with Gasteiger partial charge in [0.15, 0.2) is 6.10 Å². The Hall–Kier alpha value is -1.42. The first-order valence-electron chi connectivity index (χ1n) is 5.06. The predicted octanol–water partition coefficient (Wildman–Crippen LogP) is 1.90. The van der Waals surface area contributed by atoms with Gasteiger partial charge in [0.2, 0.25) is 0 Å². The Balaban J connectivity index is 3.18. The highest BCUT2D eigenvalue weighted by Gasteiger charge is 2.21.